The monoisotopic (exact) mass is 435 g/mol. The van der Waals surface area contributed by atoms with Crippen molar-refractivity contribution in [2.75, 3.05) is 13.1 Å². The summed E-state index contributed by atoms with van der Waals surface area (Å²) in [5, 5.41) is 22.2. The maximum Gasteiger partial charge on any atom is 0.157 e. The minimum absolute atomic E-state index is 0. The lowest BCUT2D eigenvalue weighted by atomic mass is 10.0. The van der Waals surface area contributed by atoms with E-state index in [9.17, 15) is 10.2 Å². The van der Waals surface area contributed by atoms with Crippen LogP contribution in [-0.4, -0.2) is 23.3 Å². The highest BCUT2D eigenvalue weighted by Crippen LogP contribution is 2.24. The summed E-state index contributed by atoms with van der Waals surface area (Å²) >= 11 is 0. The van der Waals surface area contributed by atoms with Crippen LogP contribution in [0.3, 0.4) is 0 Å². The summed E-state index contributed by atoms with van der Waals surface area (Å²) in [5.74, 6) is -0.0898. The Morgan fingerprint density at radius 1 is 0.593 bits per heavy atom. The molecule has 0 saturated heterocycles. The van der Waals surface area contributed by atoms with Crippen LogP contribution in [0.1, 0.15) is 56.1 Å². The fourth-order valence-corrected chi connectivity index (χ4v) is 3.19. The second-order valence-corrected chi connectivity index (χ2v) is 7.03. The molecule has 150 valence electrons. The van der Waals surface area contributed by atoms with Gasteiger partial charge in [-0.2, -0.15) is 0 Å². The number of unbranched alkanes of at least 4 members (excludes halogenated alkanes) is 6. The molecule has 0 aliphatic carbocycles. The predicted octanol–water partition coefficient (Wildman–Crippen LogP) is 5.78. The van der Waals surface area contributed by atoms with Crippen LogP contribution in [0.4, 0.5) is 0 Å². The number of nitrogens with one attached hydrogen (secondary N) is 1. The van der Waals surface area contributed by atoms with Crippen LogP contribution in [0.15, 0.2) is 48.5 Å². The van der Waals surface area contributed by atoms with E-state index in [1.165, 1.54) is 56.9 Å². The maximum absolute atomic E-state index is 9.46. The van der Waals surface area contributed by atoms with Crippen LogP contribution in [0, 0.1) is 0 Å². The quantitative estimate of drug-likeness (QED) is 0.276. The lowest BCUT2D eigenvalue weighted by molar-refractivity contribution is 0.403. The average molecular weight is 436 g/mol. The molecule has 3 N–H and O–H groups in total. The average Bonchev–Trinajstić information content (AvgIpc) is 2.66. The van der Waals surface area contributed by atoms with Gasteiger partial charge in [-0.15, -0.1) is 17.0 Å². The second kappa shape index (κ2) is 14.5. The van der Waals surface area contributed by atoms with Crippen molar-refractivity contribution in [3.05, 3.63) is 59.7 Å². The van der Waals surface area contributed by atoms with E-state index in [1.54, 1.807) is 12.1 Å². The number of phenols is 2. The van der Waals surface area contributed by atoms with E-state index in [1.807, 2.05) is 6.07 Å². The van der Waals surface area contributed by atoms with Crippen LogP contribution in [0.5, 0.6) is 11.5 Å². The summed E-state index contributed by atoms with van der Waals surface area (Å²) in [6.07, 6.45) is 11.3. The number of aromatic hydroxyl groups is 2. The third-order valence-electron chi connectivity index (χ3n) is 4.79. The highest BCUT2D eigenvalue weighted by Gasteiger charge is 2.00. The summed E-state index contributed by atoms with van der Waals surface area (Å²) in [6, 6.07) is 15.8. The zero-order valence-corrected chi connectivity index (χ0v) is 17.9. The summed E-state index contributed by atoms with van der Waals surface area (Å²) in [6.45, 7) is 1.96. The second-order valence-electron chi connectivity index (χ2n) is 7.03. The first-order valence-electron chi connectivity index (χ1n) is 10.0. The molecule has 27 heavy (non-hydrogen) atoms. The molecule has 0 aliphatic rings. The smallest absolute Gasteiger partial charge is 0.157 e. The van der Waals surface area contributed by atoms with E-state index >= 15 is 0 Å². The summed E-state index contributed by atoms with van der Waals surface area (Å²) < 4.78 is 0. The van der Waals surface area contributed by atoms with Gasteiger partial charge < -0.3 is 15.5 Å². The molecule has 0 fully saturated rings. The van der Waals surface area contributed by atoms with Gasteiger partial charge in [0.2, 0.25) is 0 Å². The fourth-order valence-electron chi connectivity index (χ4n) is 3.19. The number of aryl methyl sites for hydroxylation is 1. The summed E-state index contributed by atoms with van der Waals surface area (Å²) in [5.41, 5.74) is 2.50. The number of hydrogen-bond acceptors (Lipinski definition) is 3. The van der Waals surface area contributed by atoms with Crippen LogP contribution in [-0.2, 0) is 12.8 Å². The lowest BCUT2D eigenvalue weighted by Crippen LogP contribution is -2.18. The van der Waals surface area contributed by atoms with E-state index in [-0.39, 0.29) is 28.5 Å². The molecule has 0 radical (unpaired) electrons. The van der Waals surface area contributed by atoms with Gasteiger partial charge in [-0.3, -0.25) is 0 Å². The Balaban J connectivity index is 0.00000364. The van der Waals surface area contributed by atoms with Gasteiger partial charge in [0.15, 0.2) is 11.5 Å². The van der Waals surface area contributed by atoms with Crippen molar-refractivity contribution in [3.63, 3.8) is 0 Å². The van der Waals surface area contributed by atoms with Crippen molar-refractivity contribution in [2.45, 2.75) is 57.8 Å². The Hall–Kier alpha value is -1.52. The predicted molar refractivity (Wildman–Crippen MR) is 119 cm³/mol. The molecule has 0 amide bonds. The zero-order valence-electron chi connectivity index (χ0n) is 16.2. The lowest BCUT2D eigenvalue weighted by Gasteiger charge is -2.06. The van der Waals surface area contributed by atoms with Crippen molar-refractivity contribution < 1.29 is 10.2 Å². The first kappa shape index (κ1) is 23.5. The van der Waals surface area contributed by atoms with E-state index in [0.29, 0.717) is 0 Å². The minimum atomic E-state index is -0.0539. The van der Waals surface area contributed by atoms with E-state index in [0.717, 1.165) is 25.1 Å². The Bertz CT molecular complexity index is 619. The Labute approximate surface area is 174 Å². The number of rotatable bonds is 13. The largest absolute Gasteiger partial charge is 0.504 e. The molecular weight excluding hydrogens is 402 g/mol. The molecule has 0 bridgehead atoms. The topological polar surface area (TPSA) is 52.5 Å². The first-order valence-corrected chi connectivity index (χ1v) is 10.0. The van der Waals surface area contributed by atoms with E-state index < -0.39 is 0 Å². The van der Waals surface area contributed by atoms with Crippen LogP contribution >= 0.6 is 17.0 Å². The van der Waals surface area contributed by atoms with Crippen LogP contribution in [0.2, 0.25) is 0 Å². The summed E-state index contributed by atoms with van der Waals surface area (Å²) in [7, 11) is 0. The molecule has 4 heteroatoms. The van der Waals surface area contributed by atoms with Crippen molar-refractivity contribution in [2.24, 2.45) is 0 Å². The van der Waals surface area contributed by atoms with Crippen molar-refractivity contribution in [1.82, 2.24) is 5.32 Å². The van der Waals surface area contributed by atoms with Crippen molar-refractivity contribution in [1.29, 1.82) is 0 Å². The number of hydrogen-bond donors (Lipinski definition) is 3. The molecule has 0 aliphatic heterocycles. The number of halogens is 1. The zero-order chi connectivity index (χ0) is 18.5. The molecule has 2 aromatic carbocycles. The Morgan fingerprint density at radius 2 is 1.26 bits per heavy atom. The maximum atomic E-state index is 9.46. The molecule has 0 saturated carbocycles. The minimum Gasteiger partial charge on any atom is -0.504 e. The third kappa shape index (κ3) is 10.4. The first-order chi connectivity index (χ1) is 12.8. The van der Waals surface area contributed by atoms with Crippen LogP contribution < -0.4 is 5.32 Å². The third-order valence-corrected chi connectivity index (χ3v) is 4.79. The van der Waals surface area contributed by atoms with Gasteiger partial charge in [0.05, 0.1) is 0 Å². The van der Waals surface area contributed by atoms with Gasteiger partial charge in [0, 0.05) is 0 Å². The number of phenolic OH excluding ortho intramolecular Hbond substituents is 2. The van der Waals surface area contributed by atoms with Gasteiger partial charge in [-0.1, -0.05) is 68.5 Å². The number of benzene rings is 2. The van der Waals surface area contributed by atoms with E-state index in [4.69, 9.17) is 0 Å². The van der Waals surface area contributed by atoms with Gasteiger partial charge in [-0.25, -0.2) is 0 Å². The Kier molecular flexibility index (Phi) is 12.7. The molecule has 2 rings (SSSR count). The molecule has 0 unspecified atom stereocenters. The standard InChI is InChI=1S/C23H33NO2.BrH/c25-22-15-14-21(19-23(22)26)16-18-24-17-10-5-3-1-2-4-7-11-20-12-8-6-9-13-20;/h6,8-9,12-15,19,24-26H,1-5,7,10-11,16-18H2;1H. The fraction of sp³-hybridized carbons (Fsp3) is 0.478. The molecule has 0 atom stereocenters. The van der Waals surface area contributed by atoms with Gasteiger partial charge in [0.1, 0.15) is 0 Å². The van der Waals surface area contributed by atoms with E-state index in [2.05, 4.69) is 35.6 Å². The summed E-state index contributed by atoms with van der Waals surface area (Å²) in [4.78, 5) is 0. The molecular formula is C23H34BrNO2. The van der Waals surface area contributed by atoms with Gasteiger partial charge in [0.25, 0.3) is 0 Å². The van der Waals surface area contributed by atoms with Gasteiger partial charge >= 0.3 is 0 Å². The molecule has 0 spiro atoms. The SMILES string of the molecule is Br.Oc1ccc(CCNCCCCCCCCCc2ccccc2)cc1O. The van der Waals surface area contributed by atoms with Crippen molar-refractivity contribution >= 4 is 17.0 Å². The normalized spacial score (nSPS) is 10.5. The van der Waals surface area contributed by atoms with Gasteiger partial charge in [-0.05, 0) is 62.0 Å². The molecule has 2 aromatic rings. The van der Waals surface area contributed by atoms with Crippen molar-refractivity contribution in [3.8, 4) is 11.5 Å². The van der Waals surface area contributed by atoms with Crippen LogP contribution in [0.25, 0.3) is 0 Å². The molecule has 0 heterocycles. The Morgan fingerprint density at radius 3 is 1.96 bits per heavy atom. The highest BCUT2D eigenvalue weighted by atomic mass is 79.9. The molecule has 0 aromatic heterocycles. The molecule has 3 nitrogen and oxygen atoms in total. The highest BCUT2D eigenvalue weighted by molar-refractivity contribution is 8.93.